The average Bonchev–Trinajstić information content (AvgIpc) is 3.01. The fourth-order valence-corrected chi connectivity index (χ4v) is 3.62. The van der Waals surface area contributed by atoms with Gasteiger partial charge in [-0.05, 0) is 49.7 Å². The molecule has 0 bridgehead atoms. The van der Waals surface area contributed by atoms with Crippen LogP contribution in [-0.4, -0.2) is 25.7 Å². The van der Waals surface area contributed by atoms with E-state index in [0.29, 0.717) is 34.4 Å². The molecule has 0 fully saturated rings. The van der Waals surface area contributed by atoms with E-state index in [1.807, 2.05) is 0 Å². The molecule has 1 aromatic carbocycles. The van der Waals surface area contributed by atoms with Crippen molar-refractivity contribution >= 4 is 27.3 Å². The van der Waals surface area contributed by atoms with Crippen molar-refractivity contribution in [3.8, 4) is 5.75 Å². The van der Waals surface area contributed by atoms with Gasteiger partial charge in [-0.2, -0.15) is 0 Å². The van der Waals surface area contributed by atoms with Crippen molar-refractivity contribution in [2.24, 2.45) is 0 Å². The Morgan fingerprint density at radius 1 is 1.08 bits per heavy atom. The molecule has 3 aromatic rings. The molecular formula is C17H18N4O4S. The van der Waals surface area contributed by atoms with E-state index in [9.17, 15) is 8.42 Å². The van der Waals surface area contributed by atoms with E-state index in [1.54, 1.807) is 44.2 Å². The minimum atomic E-state index is -3.73. The predicted octanol–water partition coefficient (Wildman–Crippen LogP) is 3.24. The summed E-state index contributed by atoms with van der Waals surface area (Å²) in [4.78, 5) is 4.35. The Morgan fingerprint density at radius 3 is 2.46 bits per heavy atom. The number of nitrogens with one attached hydrogen (secondary N) is 2. The zero-order valence-corrected chi connectivity index (χ0v) is 15.3. The van der Waals surface area contributed by atoms with Crippen molar-refractivity contribution in [2.75, 3.05) is 17.1 Å². The minimum Gasteiger partial charge on any atom is -0.497 e. The summed E-state index contributed by atoms with van der Waals surface area (Å²) in [5.74, 6) is 2.31. The fraction of sp³-hybridized carbons (Fsp3) is 0.176. The Hall–Kier alpha value is -3.07. The molecule has 9 heteroatoms. The lowest BCUT2D eigenvalue weighted by Gasteiger charge is -2.11. The number of aryl methyl sites for hydroxylation is 2. The summed E-state index contributed by atoms with van der Waals surface area (Å²) in [7, 11) is -2.20. The van der Waals surface area contributed by atoms with Gasteiger partial charge in [-0.15, -0.1) is 0 Å². The van der Waals surface area contributed by atoms with Gasteiger partial charge in [0.15, 0.2) is 5.82 Å². The molecule has 2 heterocycles. The molecule has 0 spiro atoms. The van der Waals surface area contributed by atoms with Crippen LogP contribution < -0.4 is 14.8 Å². The van der Waals surface area contributed by atoms with Gasteiger partial charge >= 0.3 is 0 Å². The van der Waals surface area contributed by atoms with Gasteiger partial charge in [-0.3, -0.25) is 4.72 Å². The number of ether oxygens (including phenoxy) is 1. The lowest BCUT2D eigenvalue weighted by molar-refractivity contribution is 0.400. The van der Waals surface area contributed by atoms with E-state index in [-0.39, 0.29) is 4.90 Å². The third kappa shape index (κ3) is 3.94. The second-order valence-corrected chi connectivity index (χ2v) is 7.27. The van der Waals surface area contributed by atoms with Gasteiger partial charge in [-0.25, -0.2) is 13.4 Å². The van der Waals surface area contributed by atoms with Crippen LogP contribution in [0.15, 0.2) is 52.0 Å². The molecule has 0 atom stereocenters. The summed E-state index contributed by atoms with van der Waals surface area (Å²) in [5, 5.41) is 6.77. The van der Waals surface area contributed by atoms with Crippen molar-refractivity contribution in [2.45, 2.75) is 18.7 Å². The number of hydrogen-bond acceptors (Lipinski definition) is 7. The number of sulfonamides is 1. The van der Waals surface area contributed by atoms with Crippen LogP contribution >= 0.6 is 0 Å². The lowest BCUT2D eigenvalue weighted by Crippen LogP contribution is -2.14. The third-order valence-corrected chi connectivity index (χ3v) is 5.11. The Kier molecular flexibility index (Phi) is 4.81. The van der Waals surface area contributed by atoms with E-state index < -0.39 is 10.0 Å². The number of anilines is 3. The van der Waals surface area contributed by atoms with Crippen LogP contribution in [0.1, 0.15) is 11.3 Å². The Morgan fingerprint density at radius 2 is 1.88 bits per heavy atom. The molecule has 2 N–H and O–H groups in total. The van der Waals surface area contributed by atoms with Crippen molar-refractivity contribution in [3.63, 3.8) is 0 Å². The van der Waals surface area contributed by atoms with Gasteiger partial charge in [0, 0.05) is 6.07 Å². The maximum absolute atomic E-state index is 12.6. The van der Waals surface area contributed by atoms with Gasteiger partial charge in [0.05, 0.1) is 23.9 Å². The van der Waals surface area contributed by atoms with Crippen molar-refractivity contribution < 1.29 is 17.7 Å². The molecule has 2 aromatic heterocycles. The summed E-state index contributed by atoms with van der Waals surface area (Å²) >= 11 is 0. The molecule has 136 valence electrons. The summed E-state index contributed by atoms with van der Waals surface area (Å²) < 4.78 is 37.7. The van der Waals surface area contributed by atoms with Crippen molar-refractivity contribution in [3.05, 3.63) is 53.9 Å². The first-order chi connectivity index (χ1) is 12.4. The Labute approximate surface area is 151 Å². The average molecular weight is 374 g/mol. The highest BCUT2D eigenvalue weighted by atomic mass is 32.2. The molecule has 0 amide bonds. The topological polar surface area (TPSA) is 106 Å². The molecule has 0 saturated heterocycles. The van der Waals surface area contributed by atoms with Crippen LogP contribution in [0, 0.1) is 13.8 Å². The Bertz CT molecular complexity index is 1010. The number of pyridine rings is 1. The molecule has 0 unspecified atom stereocenters. The second-order valence-electron chi connectivity index (χ2n) is 5.62. The minimum absolute atomic E-state index is 0.179. The highest BCUT2D eigenvalue weighted by Gasteiger charge is 2.17. The predicted molar refractivity (Wildman–Crippen MR) is 97.3 cm³/mol. The van der Waals surface area contributed by atoms with Crippen LogP contribution in [0.25, 0.3) is 0 Å². The first-order valence-electron chi connectivity index (χ1n) is 7.71. The zero-order chi connectivity index (χ0) is 18.7. The smallest absolute Gasteiger partial charge is 0.262 e. The zero-order valence-electron chi connectivity index (χ0n) is 14.5. The van der Waals surface area contributed by atoms with Crippen LogP contribution in [0.2, 0.25) is 0 Å². The summed E-state index contributed by atoms with van der Waals surface area (Å²) in [6, 6.07) is 9.76. The number of rotatable bonds is 6. The second kappa shape index (κ2) is 7.04. The number of hydrogen-bond donors (Lipinski definition) is 2. The summed E-state index contributed by atoms with van der Waals surface area (Å²) in [5.41, 5.74) is 0.937. The SMILES string of the molecule is COc1ccc(S(=O)(=O)Nc2ccc(Nc3cc(C)on3)nc2)c(C)c1. The number of methoxy groups -OCH3 is 1. The van der Waals surface area contributed by atoms with Gasteiger partial charge in [-0.1, -0.05) is 5.16 Å². The van der Waals surface area contributed by atoms with Crippen molar-refractivity contribution in [1.82, 2.24) is 10.1 Å². The van der Waals surface area contributed by atoms with E-state index in [2.05, 4.69) is 20.2 Å². The van der Waals surface area contributed by atoms with E-state index in [0.717, 1.165) is 0 Å². The molecule has 3 rings (SSSR count). The first kappa shape index (κ1) is 17.7. The Balaban J connectivity index is 1.75. The standard InChI is InChI=1S/C17H18N4O4S/c1-11-8-14(24-3)5-6-15(11)26(22,23)21-13-4-7-16(18-10-13)19-17-9-12(2)25-20-17/h4-10,21H,1-3H3,(H,18,19,20). The van der Waals surface area contributed by atoms with Crippen LogP contribution in [0.3, 0.4) is 0 Å². The van der Waals surface area contributed by atoms with E-state index in [1.165, 1.54) is 19.4 Å². The normalized spacial score (nSPS) is 11.2. The molecule has 0 radical (unpaired) electrons. The van der Waals surface area contributed by atoms with Gasteiger partial charge in [0.1, 0.15) is 17.3 Å². The third-order valence-electron chi connectivity index (χ3n) is 3.57. The molecule has 8 nitrogen and oxygen atoms in total. The van der Waals surface area contributed by atoms with Gasteiger partial charge < -0.3 is 14.6 Å². The summed E-state index contributed by atoms with van der Waals surface area (Å²) in [6.45, 7) is 3.49. The highest BCUT2D eigenvalue weighted by molar-refractivity contribution is 7.92. The van der Waals surface area contributed by atoms with Gasteiger partial charge in [0.2, 0.25) is 0 Å². The lowest BCUT2D eigenvalue weighted by atomic mass is 10.2. The molecule has 0 saturated carbocycles. The van der Waals surface area contributed by atoms with E-state index in [4.69, 9.17) is 9.26 Å². The first-order valence-corrected chi connectivity index (χ1v) is 9.19. The number of benzene rings is 1. The molecule has 0 aliphatic carbocycles. The monoisotopic (exact) mass is 374 g/mol. The maximum Gasteiger partial charge on any atom is 0.262 e. The number of aromatic nitrogens is 2. The van der Waals surface area contributed by atoms with Crippen LogP contribution in [0.4, 0.5) is 17.3 Å². The molecule has 0 aliphatic rings. The van der Waals surface area contributed by atoms with Crippen LogP contribution in [0.5, 0.6) is 5.75 Å². The van der Waals surface area contributed by atoms with E-state index >= 15 is 0 Å². The highest BCUT2D eigenvalue weighted by Crippen LogP contribution is 2.24. The van der Waals surface area contributed by atoms with Crippen LogP contribution in [-0.2, 0) is 10.0 Å². The van der Waals surface area contributed by atoms with Crippen molar-refractivity contribution in [1.29, 1.82) is 0 Å². The molecule has 26 heavy (non-hydrogen) atoms. The number of nitrogens with zero attached hydrogens (tertiary/aromatic N) is 2. The maximum atomic E-state index is 12.6. The largest absolute Gasteiger partial charge is 0.497 e. The fourth-order valence-electron chi connectivity index (χ4n) is 2.35. The molecular weight excluding hydrogens is 356 g/mol. The molecule has 0 aliphatic heterocycles. The van der Waals surface area contributed by atoms with Gasteiger partial charge in [0.25, 0.3) is 10.0 Å². The quantitative estimate of drug-likeness (QED) is 0.682. The summed E-state index contributed by atoms with van der Waals surface area (Å²) in [6.07, 6.45) is 1.42.